The molecular formula is C12H18N2O4S. The van der Waals surface area contributed by atoms with Crippen molar-refractivity contribution >= 4 is 16.0 Å². The molecule has 0 saturated carbocycles. The molecule has 0 aromatic heterocycles. The molecule has 1 aromatic rings. The van der Waals surface area contributed by atoms with E-state index < -0.39 is 16.0 Å². The summed E-state index contributed by atoms with van der Waals surface area (Å²) in [7, 11) is -3.71. The van der Waals surface area contributed by atoms with Gasteiger partial charge in [0.15, 0.2) is 0 Å². The minimum atomic E-state index is -3.71. The Labute approximate surface area is 112 Å². The topological polar surface area (TPSA) is 109 Å². The second-order valence-corrected chi connectivity index (χ2v) is 6.00. The van der Waals surface area contributed by atoms with Crippen LogP contribution in [0.2, 0.25) is 0 Å². The lowest BCUT2D eigenvalue weighted by Gasteiger charge is -2.12. The molecule has 1 rings (SSSR count). The van der Waals surface area contributed by atoms with Crippen molar-refractivity contribution in [2.75, 3.05) is 13.1 Å². The van der Waals surface area contributed by atoms with Gasteiger partial charge in [0.2, 0.25) is 10.0 Å². The molecule has 0 unspecified atom stereocenters. The number of carbonyl (C=O) groups is 1. The van der Waals surface area contributed by atoms with Crippen molar-refractivity contribution in [2.24, 2.45) is 5.73 Å². The number of carboxylic acid groups (broad SMARTS) is 1. The lowest BCUT2D eigenvalue weighted by molar-refractivity contribution is 0.0696. The Morgan fingerprint density at radius 2 is 2.00 bits per heavy atom. The summed E-state index contributed by atoms with van der Waals surface area (Å²) in [6, 6.07) is 2.63. The molecular weight excluding hydrogens is 268 g/mol. The van der Waals surface area contributed by atoms with Gasteiger partial charge in [0.1, 0.15) is 0 Å². The third-order valence-electron chi connectivity index (χ3n) is 2.83. The van der Waals surface area contributed by atoms with Gasteiger partial charge in [0.05, 0.1) is 10.5 Å². The summed E-state index contributed by atoms with van der Waals surface area (Å²) in [6.07, 6.45) is 0.524. The minimum absolute atomic E-state index is 0.00178. The van der Waals surface area contributed by atoms with Gasteiger partial charge in [0, 0.05) is 6.54 Å². The summed E-state index contributed by atoms with van der Waals surface area (Å²) in [6.45, 7) is 3.95. The summed E-state index contributed by atoms with van der Waals surface area (Å²) in [4.78, 5) is 11.0. The van der Waals surface area contributed by atoms with E-state index in [1.165, 1.54) is 12.1 Å². The zero-order chi connectivity index (χ0) is 14.6. The van der Waals surface area contributed by atoms with E-state index in [9.17, 15) is 13.2 Å². The van der Waals surface area contributed by atoms with Gasteiger partial charge in [-0.15, -0.1) is 0 Å². The number of rotatable bonds is 6. The highest BCUT2D eigenvalue weighted by atomic mass is 32.2. The number of hydrogen-bond donors (Lipinski definition) is 3. The normalized spacial score (nSPS) is 11.5. The molecule has 106 valence electrons. The van der Waals surface area contributed by atoms with Gasteiger partial charge in [0.25, 0.3) is 0 Å². The lowest BCUT2D eigenvalue weighted by atomic mass is 10.1. The molecule has 0 saturated heterocycles. The number of nitrogens with two attached hydrogens (primary N) is 1. The van der Waals surface area contributed by atoms with Gasteiger partial charge >= 0.3 is 5.97 Å². The summed E-state index contributed by atoms with van der Waals surface area (Å²) in [5.74, 6) is -1.15. The minimum Gasteiger partial charge on any atom is -0.478 e. The van der Waals surface area contributed by atoms with Crippen LogP contribution in [0.1, 0.15) is 27.9 Å². The molecule has 1 aromatic carbocycles. The van der Waals surface area contributed by atoms with Crippen LogP contribution in [0, 0.1) is 13.8 Å². The average molecular weight is 286 g/mol. The molecule has 0 heterocycles. The predicted octanol–water partition coefficient (Wildman–Crippen LogP) is 0.629. The predicted molar refractivity (Wildman–Crippen MR) is 71.7 cm³/mol. The van der Waals surface area contributed by atoms with Gasteiger partial charge in [-0.25, -0.2) is 17.9 Å². The van der Waals surface area contributed by atoms with Crippen LogP contribution in [-0.4, -0.2) is 32.6 Å². The van der Waals surface area contributed by atoms with Crippen LogP contribution in [0.25, 0.3) is 0 Å². The molecule has 0 atom stereocenters. The number of hydrogen-bond acceptors (Lipinski definition) is 4. The fourth-order valence-electron chi connectivity index (χ4n) is 1.62. The Morgan fingerprint density at radius 1 is 1.37 bits per heavy atom. The summed E-state index contributed by atoms with van der Waals surface area (Å²) in [5, 5.41) is 8.97. The fourth-order valence-corrected chi connectivity index (χ4v) is 3.03. The third-order valence-corrected chi connectivity index (χ3v) is 4.42. The van der Waals surface area contributed by atoms with E-state index >= 15 is 0 Å². The summed E-state index contributed by atoms with van der Waals surface area (Å²) >= 11 is 0. The Balaban J connectivity index is 3.21. The van der Waals surface area contributed by atoms with Crippen molar-refractivity contribution in [3.8, 4) is 0 Å². The SMILES string of the molecule is Cc1cc(C(=O)O)cc(S(=O)(=O)NCCCN)c1C. The molecule has 7 heteroatoms. The van der Waals surface area contributed by atoms with E-state index in [2.05, 4.69) is 4.72 Å². The molecule has 0 bridgehead atoms. The molecule has 0 spiro atoms. The van der Waals surface area contributed by atoms with Gasteiger partial charge in [-0.1, -0.05) is 0 Å². The van der Waals surface area contributed by atoms with E-state index in [0.717, 1.165) is 0 Å². The van der Waals surface area contributed by atoms with Crippen LogP contribution >= 0.6 is 0 Å². The highest BCUT2D eigenvalue weighted by Crippen LogP contribution is 2.21. The molecule has 0 amide bonds. The first-order chi connectivity index (χ1) is 8.79. The van der Waals surface area contributed by atoms with Gasteiger partial charge < -0.3 is 10.8 Å². The first-order valence-electron chi connectivity index (χ1n) is 5.84. The molecule has 0 aliphatic rings. The van der Waals surface area contributed by atoms with E-state index in [-0.39, 0.29) is 17.0 Å². The van der Waals surface area contributed by atoms with Gasteiger partial charge in [-0.05, 0) is 50.1 Å². The first kappa shape index (κ1) is 15.6. The Kier molecular flexibility index (Phi) is 5.04. The van der Waals surface area contributed by atoms with Crippen molar-refractivity contribution in [3.63, 3.8) is 0 Å². The second-order valence-electron chi connectivity index (χ2n) is 4.26. The van der Waals surface area contributed by atoms with Crippen molar-refractivity contribution in [3.05, 3.63) is 28.8 Å². The number of sulfonamides is 1. The number of aryl methyl sites for hydroxylation is 1. The van der Waals surface area contributed by atoms with Crippen LogP contribution in [0.4, 0.5) is 0 Å². The van der Waals surface area contributed by atoms with E-state index in [0.29, 0.717) is 24.1 Å². The Morgan fingerprint density at radius 3 is 2.53 bits per heavy atom. The quantitative estimate of drug-likeness (QED) is 0.664. The highest BCUT2D eigenvalue weighted by Gasteiger charge is 2.20. The molecule has 0 fully saturated rings. The average Bonchev–Trinajstić information content (AvgIpc) is 2.32. The highest BCUT2D eigenvalue weighted by molar-refractivity contribution is 7.89. The zero-order valence-electron chi connectivity index (χ0n) is 10.9. The summed E-state index contributed by atoms with van der Waals surface area (Å²) in [5.41, 5.74) is 6.43. The monoisotopic (exact) mass is 286 g/mol. The molecule has 0 radical (unpaired) electrons. The fraction of sp³-hybridized carbons (Fsp3) is 0.417. The Hall–Kier alpha value is -1.44. The molecule has 6 nitrogen and oxygen atoms in total. The number of aromatic carboxylic acids is 1. The second kappa shape index (κ2) is 6.14. The number of carboxylic acids is 1. The maximum Gasteiger partial charge on any atom is 0.335 e. The smallest absolute Gasteiger partial charge is 0.335 e. The van der Waals surface area contributed by atoms with Crippen LogP contribution in [-0.2, 0) is 10.0 Å². The van der Waals surface area contributed by atoms with E-state index in [1.54, 1.807) is 13.8 Å². The van der Waals surface area contributed by atoms with Crippen LogP contribution in [0.15, 0.2) is 17.0 Å². The number of benzene rings is 1. The van der Waals surface area contributed by atoms with Crippen LogP contribution in [0.3, 0.4) is 0 Å². The number of nitrogens with one attached hydrogen (secondary N) is 1. The summed E-state index contributed by atoms with van der Waals surface area (Å²) < 4.78 is 26.6. The van der Waals surface area contributed by atoms with Crippen molar-refractivity contribution < 1.29 is 18.3 Å². The lowest BCUT2D eigenvalue weighted by Crippen LogP contribution is -2.27. The van der Waals surface area contributed by atoms with Gasteiger partial charge in [-0.2, -0.15) is 0 Å². The van der Waals surface area contributed by atoms with Crippen LogP contribution < -0.4 is 10.5 Å². The maximum atomic E-state index is 12.1. The standard InChI is InChI=1S/C12H18N2O4S/c1-8-6-10(12(15)16)7-11(9(8)2)19(17,18)14-5-3-4-13/h6-7,14H,3-5,13H2,1-2H3,(H,15,16). The largest absolute Gasteiger partial charge is 0.478 e. The maximum absolute atomic E-state index is 12.1. The van der Waals surface area contributed by atoms with Crippen LogP contribution in [0.5, 0.6) is 0 Å². The van der Waals surface area contributed by atoms with Crippen molar-refractivity contribution in [2.45, 2.75) is 25.2 Å². The molecule has 4 N–H and O–H groups in total. The molecule has 0 aliphatic carbocycles. The molecule has 19 heavy (non-hydrogen) atoms. The molecule has 0 aliphatic heterocycles. The third kappa shape index (κ3) is 3.76. The van der Waals surface area contributed by atoms with Crippen molar-refractivity contribution in [1.82, 2.24) is 4.72 Å². The van der Waals surface area contributed by atoms with E-state index in [4.69, 9.17) is 10.8 Å². The van der Waals surface area contributed by atoms with E-state index in [1.807, 2.05) is 0 Å². The zero-order valence-corrected chi connectivity index (χ0v) is 11.8. The Bertz CT molecular complexity index is 582. The van der Waals surface area contributed by atoms with Crippen molar-refractivity contribution in [1.29, 1.82) is 0 Å². The van der Waals surface area contributed by atoms with Gasteiger partial charge in [-0.3, -0.25) is 0 Å². The first-order valence-corrected chi connectivity index (χ1v) is 7.32.